The SMILES string of the molecule is Oc1c([C@H](c2ccccc2Cl)N2CCN(Cc3ccccc3)CC2)sc2nc(-c3ccco3)nn12. The highest BCUT2D eigenvalue weighted by molar-refractivity contribution is 7.17. The van der Waals surface area contributed by atoms with Crippen LogP contribution in [-0.2, 0) is 6.54 Å². The zero-order valence-corrected chi connectivity index (χ0v) is 20.5. The van der Waals surface area contributed by atoms with Crippen molar-refractivity contribution in [3.8, 4) is 17.5 Å². The molecule has 6 rings (SSSR count). The van der Waals surface area contributed by atoms with Gasteiger partial charge in [-0.25, -0.2) is 0 Å². The summed E-state index contributed by atoms with van der Waals surface area (Å²) in [5.41, 5.74) is 2.29. The predicted molar refractivity (Wildman–Crippen MR) is 137 cm³/mol. The van der Waals surface area contributed by atoms with Gasteiger partial charge in [0.05, 0.1) is 17.2 Å². The number of rotatable bonds is 6. The topological polar surface area (TPSA) is 70.0 Å². The van der Waals surface area contributed by atoms with Crippen LogP contribution < -0.4 is 0 Å². The Labute approximate surface area is 211 Å². The third kappa shape index (κ3) is 4.34. The molecule has 35 heavy (non-hydrogen) atoms. The zero-order valence-electron chi connectivity index (χ0n) is 18.9. The van der Waals surface area contributed by atoms with Crippen molar-refractivity contribution in [2.24, 2.45) is 0 Å². The summed E-state index contributed by atoms with van der Waals surface area (Å²) >= 11 is 8.11. The van der Waals surface area contributed by atoms with Gasteiger partial charge in [0.25, 0.3) is 0 Å². The van der Waals surface area contributed by atoms with E-state index in [9.17, 15) is 5.11 Å². The molecule has 1 atom stereocenters. The average Bonchev–Trinajstić information content (AvgIpc) is 3.61. The van der Waals surface area contributed by atoms with Crippen LogP contribution in [0.1, 0.15) is 22.0 Å². The quantitative estimate of drug-likeness (QED) is 0.337. The molecule has 5 aromatic rings. The third-order valence-corrected chi connectivity index (χ3v) is 7.83. The Bertz CT molecular complexity index is 1430. The number of aromatic hydroxyl groups is 1. The van der Waals surface area contributed by atoms with Gasteiger partial charge in [-0.2, -0.15) is 9.50 Å². The number of halogens is 1. The van der Waals surface area contributed by atoms with Crippen LogP contribution in [0.2, 0.25) is 5.02 Å². The predicted octanol–water partition coefficient (Wildman–Crippen LogP) is 5.32. The molecule has 0 aliphatic carbocycles. The summed E-state index contributed by atoms with van der Waals surface area (Å²) in [5, 5.41) is 16.4. The second kappa shape index (κ2) is 9.47. The van der Waals surface area contributed by atoms with Crippen LogP contribution in [0.4, 0.5) is 0 Å². The van der Waals surface area contributed by atoms with Gasteiger partial charge >= 0.3 is 0 Å². The highest BCUT2D eigenvalue weighted by Crippen LogP contribution is 2.42. The van der Waals surface area contributed by atoms with Crippen LogP contribution in [0.25, 0.3) is 16.5 Å². The standard InChI is InChI=1S/C26H24ClN5O2S/c27-20-10-5-4-9-19(20)22(31-14-12-30(13-15-31)17-18-7-2-1-3-8-18)23-25(33)32-26(35-23)28-24(29-32)21-11-6-16-34-21/h1-11,16,22,33H,12-15,17H2/t22-/m0/s1. The Morgan fingerprint density at radius 2 is 1.74 bits per heavy atom. The summed E-state index contributed by atoms with van der Waals surface area (Å²) in [7, 11) is 0. The molecule has 0 radical (unpaired) electrons. The lowest BCUT2D eigenvalue weighted by Gasteiger charge is -2.39. The van der Waals surface area contributed by atoms with E-state index in [-0.39, 0.29) is 11.9 Å². The molecule has 4 heterocycles. The summed E-state index contributed by atoms with van der Waals surface area (Å²) in [6.07, 6.45) is 1.58. The van der Waals surface area contributed by atoms with Gasteiger partial charge in [0.15, 0.2) is 5.76 Å². The van der Waals surface area contributed by atoms with E-state index in [0.29, 0.717) is 21.6 Å². The maximum absolute atomic E-state index is 11.3. The number of thiazole rings is 1. The van der Waals surface area contributed by atoms with Gasteiger partial charge in [-0.15, -0.1) is 5.10 Å². The number of hydrogen-bond acceptors (Lipinski definition) is 7. The minimum atomic E-state index is -0.192. The summed E-state index contributed by atoms with van der Waals surface area (Å²) in [5.74, 6) is 1.11. The van der Waals surface area contributed by atoms with Crippen molar-refractivity contribution >= 4 is 27.9 Å². The number of furan rings is 1. The highest BCUT2D eigenvalue weighted by Gasteiger charge is 2.33. The largest absolute Gasteiger partial charge is 0.492 e. The summed E-state index contributed by atoms with van der Waals surface area (Å²) in [6.45, 7) is 4.50. The van der Waals surface area contributed by atoms with E-state index in [0.717, 1.165) is 43.2 Å². The molecule has 3 aromatic heterocycles. The number of nitrogens with zero attached hydrogens (tertiary/aromatic N) is 5. The minimum absolute atomic E-state index is 0.0898. The lowest BCUT2D eigenvalue weighted by molar-refractivity contribution is 0.105. The molecule has 7 nitrogen and oxygen atoms in total. The summed E-state index contributed by atoms with van der Waals surface area (Å²) < 4.78 is 6.92. The number of piperazine rings is 1. The van der Waals surface area contributed by atoms with Gasteiger partial charge < -0.3 is 9.52 Å². The van der Waals surface area contributed by atoms with Crippen molar-refractivity contribution in [1.82, 2.24) is 24.4 Å². The molecule has 9 heteroatoms. The maximum Gasteiger partial charge on any atom is 0.230 e. The van der Waals surface area contributed by atoms with E-state index in [1.165, 1.54) is 21.4 Å². The number of benzene rings is 2. The molecule has 1 aliphatic rings. The Morgan fingerprint density at radius 1 is 0.971 bits per heavy atom. The Hall–Kier alpha value is -3.17. The van der Waals surface area contributed by atoms with Crippen molar-refractivity contribution < 1.29 is 9.52 Å². The molecule has 0 bridgehead atoms. The van der Waals surface area contributed by atoms with Crippen LogP contribution in [0.15, 0.2) is 77.4 Å². The first-order chi connectivity index (χ1) is 17.2. The highest BCUT2D eigenvalue weighted by atomic mass is 35.5. The van der Waals surface area contributed by atoms with E-state index in [1.807, 2.05) is 30.3 Å². The van der Waals surface area contributed by atoms with Crippen molar-refractivity contribution in [1.29, 1.82) is 0 Å². The first-order valence-electron chi connectivity index (χ1n) is 11.5. The first kappa shape index (κ1) is 22.3. The molecule has 178 valence electrons. The fourth-order valence-corrected chi connectivity index (χ4v) is 6.01. The fourth-order valence-electron chi connectivity index (χ4n) is 4.66. The normalized spacial score (nSPS) is 16.1. The van der Waals surface area contributed by atoms with Crippen molar-refractivity contribution in [3.63, 3.8) is 0 Å². The Morgan fingerprint density at radius 3 is 2.46 bits per heavy atom. The number of fused-ring (bicyclic) bond motifs is 1. The van der Waals surface area contributed by atoms with Crippen LogP contribution >= 0.6 is 22.9 Å². The number of aromatic nitrogens is 3. The van der Waals surface area contributed by atoms with Crippen molar-refractivity contribution in [2.45, 2.75) is 12.6 Å². The van der Waals surface area contributed by atoms with Gasteiger partial charge in [-0.1, -0.05) is 71.5 Å². The average molecular weight is 506 g/mol. The Kier molecular flexibility index (Phi) is 6.03. The fraction of sp³-hybridized carbons (Fsp3) is 0.231. The van der Waals surface area contributed by atoms with Crippen LogP contribution in [0.3, 0.4) is 0 Å². The molecule has 1 fully saturated rings. The van der Waals surface area contributed by atoms with E-state index in [2.05, 4.69) is 44.1 Å². The molecule has 0 saturated carbocycles. The molecule has 0 unspecified atom stereocenters. The van der Waals surface area contributed by atoms with Gasteiger partial charge in [0.2, 0.25) is 16.7 Å². The van der Waals surface area contributed by atoms with Crippen LogP contribution in [0, 0.1) is 0 Å². The lowest BCUT2D eigenvalue weighted by Crippen LogP contribution is -2.47. The molecular weight excluding hydrogens is 482 g/mol. The Balaban J connectivity index is 1.31. The molecule has 0 spiro atoms. The van der Waals surface area contributed by atoms with Crippen LogP contribution in [0.5, 0.6) is 5.88 Å². The van der Waals surface area contributed by atoms with E-state index in [4.69, 9.17) is 16.0 Å². The van der Waals surface area contributed by atoms with Gasteiger partial charge in [-0.05, 0) is 29.3 Å². The van der Waals surface area contributed by atoms with Crippen LogP contribution in [-0.4, -0.2) is 55.7 Å². The third-order valence-electron chi connectivity index (χ3n) is 6.41. The van der Waals surface area contributed by atoms with Gasteiger partial charge in [0.1, 0.15) is 0 Å². The monoisotopic (exact) mass is 505 g/mol. The van der Waals surface area contributed by atoms with E-state index in [1.54, 1.807) is 18.4 Å². The zero-order chi connectivity index (χ0) is 23.8. The molecular formula is C26H24ClN5O2S. The first-order valence-corrected chi connectivity index (χ1v) is 12.7. The second-order valence-electron chi connectivity index (χ2n) is 8.62. The molecule has 2 aromatic carbocycles. The molecule has 1 N–H and O–H groups in total. The second-order valence-corrected chi connectivity index (χ2v) is 10.0. The molecule has 0 amide bonds. The van der Waals surface area contributed by atoms with E-state index < -0.39 is 0 Å². The molecule has 1 aliphatic heterocycles. The summed E-state index contributed by atoms with van der Waals surface area (Å²) in [6, 6.07) is 21.8. The van der Waals surface area contributed by atoms with E-state index >= 15 is 0 Å². The number of hydrogen-bond donors (Lipinski definition) is 1. The lowest BCUT2D eigenvalue weighted by atomic mass is 10.0. The minimum Gasteiger partial charge on any atom is -0.492 e. The van der Waals surface area contributed by atoms with Gasteiger partial charge in [-0.3, -0.25) is 9.80 Å². The van der Waals surface area contributed by atoms with Crippen molar-refractivity contribution in [2.75, 3.05) is 26.2 Å². The van der Waals surface area contributed by atoms with Crippen molar-refractivity contribution in [3.05, 3.63) is 94.0 Å². The van der Waals surface area contributed by atoms with Gasteiger partial charge in [0, 0.05) is 37.7 Å². The molecule has 1 saturated heterocycles. The smallest absolute Gasteiger partial charge is 0.230 e. The maximum atomic E-state index is 11.3. The summed E-state index contributed by atoms with van der Waals surface area (Å²) in [4.78, 5) is 10.9.